The maximum absolute atomic E-state index is 13.5. The predicted octanol–water partition coefficient (Wildman–Crippen LogP) is 6.02. The second-order valence-electron chi connectivity index (χ2n) is 8.60. The number of carbonyl (C=O) groups is 1. The SMILES string of the molecule is CCN(C(=O)NC(CC(C)C(F)(F)F)C(F)(F)F)C(C)c1cccc(-c2cn3ccnc3c(OC)n2)c1. The number of aromatic nitrogens is 3. The van der Waals surface area contributed by atoms with Crippen LogP contribution < -0.4 is 10.1 Å². The molecule has 13 heteroatoms. The maximum atomic E-state index is 13.5. The fourth-order valence-corrected chi connectivity index (χ4v) is 3.90. The number of hydrogen-bond acceptors (Lipinski definition) is 4. The van der Waals surface area contributed by atoms with Gasteiger partial charge in [0.1, 0.15) is 6.04 Å². The fourth-order valence-electron chi connectivity index (χ4n) is 3.90. The zero-order chi connectivity index (χ0) is 27.5. The summed E-state index contributed by atoms with van der Waals surface area (Å²) in [5.41, 5.74) is 2.29. The molecule has 202 valence electrons. The Morgan fingerprint density at radius 3 is 2.46 bits per heavy atom. The molecule has 3 rings (SSSR count). The van der Waals surface area contributed by atoms with Crippen molar-refractivity contribution in [1.29, 1.82) is 0 Å². The van der Waals surface area contributed by atoms with E-state index in [-0.39, 0.29) is 6.54 Å². The van der Waals surface area contributed by atoms with Gasteiger partial charge in [-0.1, -0.05) is 25.1 Å². The minimum Gasteiger partial charge on any atom is -0.478 e. The number of hydrogen-bond donors (Lipinski definition) is 1. The van der Waals surface area contributed by atoms with E-state index in [2.05, 4.69) is 9.97 Å². The zero-order valence-electron chi connectivity index (χ0n) is 20.6. The average molecular weight is 532 g/mol. The number of nitrogens with zero attached hydrogens (tertiary/aromatic N) is 4. The van der Waals surface area contributed by atoms with E-state index in [1.807, 2.05) is 0 Å². The summed E-state index contributed by atoms with van der Waals surface area (Å²) in [5.74, 6) is -1.96. The maximum Gasteiger partial charge on any atom is 0.408 e. The molecule has 1 N–H and O–H groups in total. The van der Waals surface area contributed by atoms with Gasteiger partial charge in [-0.15, -0.1) is 0 Å². The van der Waals surface area contributed by atoms with Crippen molar-refractivity contribution in [3.8, 4) is 17.1 Å². The van der Waals surface area contributed by atoms with Crippen molar-refractivity contribution in [2.45, 2.75) is 51.6 Å². The molecule has 2 amide bonds. The first-order valence-corrected chi connectivity index (χ1v) is 11.4. The van der Waals surface area contributed by atoms with Gasteiger partial charge in [-0.3, -0.25) is 0 Å². The van der Waals surface area contributed by atoms with Gasteiger partial charge in [0.2, 0.25) is 0 Å². The first kappa shape index (κ1) is 28.1. The van der Waals surface area contributed by atoms with Gasteiger partial charge in [0, 0.05) is 30.7 Å². The van der Waals surface area contributed by atoms with Crippen molar-refractivity contribution >= 4 is 11.7 Å². The number of ether oxygens (including phenoxy) is 1. The minimum absolute atomic E-state index is 0.0176. The Morgan fingerprint density at radius 1 is 1.16 bits per heavy atom. The van der Waals surface area contributed by atoms with E-state index in [1.54, 1.807) is 66.4 Å². The summed E-state index contributed by atoms with van der Waals surface area (Å²) in [7, 11) is 1.46. The third kappa shape index (κ3) is 6.44. The number of nitrogens with one attached hydrogen (secondary N) is 1. The van der Waals surface area contributed by atoms with Crippen LogP contribution >= 0.6 is 0 Å². The Morgan fingerprint density at radius 2 is 1.86 bits per heavy atom. The molecule has 3 aromatic rings. The van der Waals surface area contributed by atoms with E-state index < -0.39 is 42.8 Å². The lowest BCUT2D eigenvalue weighted by molar-refractivity contribution is -0.193. The van der Waals surface area contributed by atoms with Gasteiger partial charge in [0.25, 0.3) is 5.88 Å². The van der Waals surface area contributed by atoms with Crippen LogP contribution in [0.25, 0.3) is 16.9 Å². The van der Waals surface area contributed by atoms with Gasteiger partial charge < -0.3 is 19.4 Å². The summed E-state index contributed by atoms with van der Waals surface area (Å²) >= 11 is 0. The number of fused-ring (bicyclic) bond motifs is 1. The van der Waals surface area contributed by atoms with Crippen LogP contribution in [0.3, 0.4) is 0 Å². The standard InChI is InChI=1S/C24H27F6N5O2/c1-5-35(22(36)33-19(24(28,29)30)11-14(2)23(25,26)27)15(3)16-7-6-8-17(12-16)18-13-34-10-9-31-20(34)21(32-18)37-4/h6-10,12-15,19H,5,11H2,1-4H3,(H,33,36). The molecule has 37 heavy (non-hydrogen) atoms. The van der Waals surface area contributed by atoms with Gasteiger partial charge in [0.15, 0.2) is 5.65 Å². The number of methoxy groups -OCH3 is 1. The summed E-state index contributed by atoms with van der Waals surface area (Å²) < 4.78 is 86.2. The number of rotatable bonds is 8. The lowest BCUT2D eigenvalue weighted by Crippen LogP contribution is -2.52. The molecule has 3 atom stereocenters. The number of carbonyl (C=O) groups excluding carboxylic acids is 1. The normalized spacial score (nSPS) is 14.8. The van der Waals surface area contributed by atoms with Crippen LogP contribution in [-0.2, 0) is 0 Å². The van der Waals surface area contributed by atoms with Crippen LogP contribution in [0.1, 0.15) is 38.8 Å². The number of urea groups is 1. The summed E-state index contributed by atoms with van der Waals surface area (Å²) in [5, 5.41) is 1.76. The molecule has 0 aliphatic heterocycles. The topological polar surface area (TPSA) is 71.8 Å². The first-order chi connectivity index (χ1) is 17.3. The molecule has 0 aliphatic carbocycles. The van der Waals surface area contributed by atoms with Crippen molar-refractivity contribution in [3.63, 3.8) is 0 Å². The highest BCUT2D eigenvalue weighted by Gasteiger charge is 2.47. The molecule has 0 saturated heterocycles. The van der Waals surface area contributed by atoms with Gasteiger partial charge in [0.05, 0.1) is 24.8 Å². The van der Waals surface area contributed by atoms with E-state index in [9.17, 15) is 31.1 Å². The minimum atomic E-state index is -5.05. The van der Waals surface area contributed by atoms with Gasteiger partial charge in [-0.25, -0.2) is 14.8 Å². The number of alkyl halides is 6. The van der Waals surface area contributed by atoms with E-state index >= 15 is 0 Å². The first-order valence-electron chi connectivity index (χ1n) is 11.4. The van der Waals surface area contributed by atoms with E-state index in [0.29, 0.717) is 35.3 Å². The summed E-state index contributed by atoms with van der Waals surface area (Å²) in [6.07, 6.45) is -6.14. The summed E-state index contributed by atoms with van der Waals surface area (Å²) in [6, 6.07) is 2.46. The molecule has 0 saturated carbocycles. The van der Waals surface area contributed by atoms with E-state index in [4.69, 9.17) is 4.74 Å². The van der Waals surface area contributed by atoms with Crippen LogP contribution in [-0.4, -0.2) is 57.3 Å². The molecule has 2 aromatic heterocycles. The Kier molecular flexibility index (Phi) is 8.23. The highest BCUT2D eigenvalue weighted by molar-refractivity contribution is 5.75. The van der Waals surface area contributed by atoms with Crippen molar-refractivity contribution < 1.29 is 35.9 Å². The van der Waals surface area contributed by atoms with Crippen molar-refractivity contribution in [3.05, 3.63) is 48.4 Å². The van der Waals surface area contributed by atoms with Crippen LogP contribution in [0.15, 0.2) is 42.9 Å². The molecule has 3 unspecified atom stereocenters. The molecule has 0 radical (unpaired) electrons. The number of halogens is 6. The molecule has 0 spiro atoms. The summed E-state index contributed by atoms with van der Waals surface area (Å²) in [4.78, 5) is 22.6. The molecule has 2 heterocycles. The Bertz CT molecular complexity index is 1230. The molecular formula is C24H27F6N5O2. The predicted molar refractivity (Wildman–Crippen MR) is 124 cm³/mol. The van der Waals surface area contributed by atoms with Crippen molar-refractivity contribution in [2.24, 2.45) is 5.92 Å². The Hall–Kier alpha value is -3.51. The smallest absolute Gasteiger partial charge is 0.408 e. The van der Waals surface area contributed by atoms with E-state index in [1.165, 1.54) is 7.11 Å². The second-order valence-corrected chi connectivity index (χ2v) is 8.60. The largest absolute Gasteiger partial charge is 0.478 e. The monoisotopic (exact) mass is 531 g/mol. The quantitative estimate of drug-likeness (QED) is 0.361. The Balaban J connectivity index is 1.85. The number of imidazole rings is 1. The van der Waals surface area contributed by atoms with Crippen LogP contribution in [0.4, 0.5) is 31.1 Å². The van der Waals surface area contributed by atoms with Crippen LogP contribution in [0.2, 0.25) is 0 Å². The Labute approximate surface area is 209 Å². The number of benzene rings is 1. The highest BCUT2D eigenvalue weighted by atomic mass is 19.4. The molecule has 7 nitrogen and oxygen atoms in total. The van der Waals surface area contributed by atoms with Crippen molar-refractivity contribution in [2.75, 3.05) is 13.7 Å². The average Bonchev–Trinajstić information content (AvgIpc) is 3.31. The molecule has 0 fully saturated rings. The van der Waals surface area contributed by atoms with Crippen molar-refractivity contribution in [1.82, 2.24) is 24.6 Å². The zero-order valence-corrected chi connectivity index (χ0v) is 20.6. The van der Waals surface area contributed by atoms with Gasteiger partial charge in [-0.05, 0) is 31.9 Å². The van der Waals surface area contributed by atoms with Gasteiger partial charge in [-0.2, -0.15) is 26.3 Å². The lowest BCUT2D eigenvalue weighted by Gasteiger charge is -2.32. The fraction of sp³-hybridized carbons (Fsp3) is 0.458. The number of amides is 2. The van der Waals surface area contributed by atoms with Gasteiger partial charge >= 0.3 is 18.4 Å². The molecule has 0 aliphatic rings. The van der Waals surface area contributed by atoms with E-state index in [0.717, 1.165) is 4.90 Å². The molecular weight excluding hydrogens is 504 g/mol. The molecule has 1 aromatic carbocycles. The lowest BCUT2D eigenvalue weighted by atomic mass is 10.0. The second kappa shape index (κ2) is 10.9. The van der Waals surface area contributed by atoms with Crippen LogP contribution in [0.5, 0.6) is 5.88 Å². The summed E-state index contributed by atoms with van der Waals surface area (Å²) in [6.45, 7) is 3.86. The molecule has 0 bridgehead atoms. The van der Waals surface area contributed by atoms with Crippen LogP contribution in [0, 0.1) is 5.92 Å². The third-order valence-corrected chi connectivity index (χ3v) is 6.11. The highest BCUT2D eigenvalue weighted by Crippen LogP contribution is 2.34. The third-order valence-electron chi connectivity index (χ3n) is 6.11.